The quantitative estimate of drug-likeness (QED) is 0.256. The van der Waals surface area contributed by atoms with Crippen LogP contribution in [0.5, 0.6) is 0 Å². The molecule has 7 heavy (non-hydrogen) atoms. The Bertz CT molecular complexity index is 56.0. The van der Waals surface area contributed by atoms with Crippen molar-refractivity contribution in [3.8, 4) is 0 Å². The van der Waals surface area contributed by atoms with Crippen LogP contribution < -0.4 is 10.6 Å². The first-order chi connectivity index (χ1) is 3.41. The van der Waals surface area contributed by atoms with Gasteiger partial charge in [0.05, 0.1) is 6.67 Å². The number of hydrogen-bond acceptors (Lipinski definition) is 2. The molecule has 0 radical (unpaired) electrons. The molecule has 0 aliphatic rings. The van der Waals surface area contributed by atoms with Gasteiger partial charge in [0.1, 0.15) is 0 Å². The summed E-state index contributed by atoms with van der Waals surface area (Å²) >= 11 is 0. The van der Waals surface area contributed by atoms with E-state index in [0.717, 1.165) is 0 Å². The maximum Gasteiger partial charge on any atom is 0.208 e. The van der Waals surface area contributed by atoms with Crippen molar-refractivity contribution in [2.75, 3.05) is 6.67 Å². The van der Waals surface area contributed by atoms with Gasteiger partial charge in [-0.3, -0.25) is 9.59 Å². The maximum atomic E-state index is 9.41. The Hall–Kier alpha value is -1.06. The van der Waals surface area contributed by atoms with Gasteiger partial charge < -0.3 is 10.6 Å². The van der Waals surface area contributed by atoms with E-state index >= 15 is 0 Å². The van der Waals surface area contributed by atoms with Gasteiger partial charge >= 0.3 is 0 Å². The van der Waals surface area contributed by atoms with E-state index < -0.39 is 0 Å². The summed E-state index contributed by atoms with van der Waals surface area (Å²) in [5.41, 5.74) is 0. The maximum absolute atomic E-state index is 9.41. The first-order valence-corrected chi connectivity index (χ1v) is 1.76. The smallest absolute Gasteiger partial charge is 0.208 e. The second-order valence-corrected chi connectivity index (χ2v) is 0.821. The fourth-order valence-electron chi connectivity index (χ4n) is 0.142. The summed E-state index contributed by atoms with van der Waals surface area (Å²) in [6.45, 7) is 0.201. The van der Waals surface area contributed by atoms with Crippen LogP contribution in [0, 0.1) is 0 Å². The number of amides is 2. The van der Waals surface area contributed by atoms with Crippen molar-refractivity contribution >= 4 is 12.8 Å². The highest BCUT2D eigenvalue weighted by molar-refractivity contribution is 5.49. The molecular weight excluding hydrogens is 96.0 g/mol. The third kappa shape index (κ3) is 4.94. The zero-order valence-electron chi connectivity index (χ0n) is 3.68. The summed E-state index contributed by atoms with van der Waals surface area (Å²) in [6.07, 6.45) is 1.02. The van der Waals surface area contributed by atoms with Crippen LogP contribution in [0.4, 0.5) is 0 Å². The molecule has 0 aliphatic heterocycles. The Morgan fingerprint density at radius 3 is 1.86 bits per heavy atom. The molecule has 0 heterocycles. The van der Waals surface area contributed by atoms with Crippen LogP contribution in [-0.2, 0) is 9.59 Å². The molecule has 0 bridgehead atoms. The number of carbonyl (C=O) groups excluding carboxylic acids is 2. The third-order valence-corrected chi connectivity index (χ3v) is 0.371. The molecule has 0 aromatic heterocycles. The van der Waals surface area contributed by atoms with Gasteiger partial charge in [-0.05, 0) is 0 Å². The highest BCUT2D eigenvalue weighted by atomic mass is 16.1. The van der Waals surface area contributed by atoms with Crippen LogP contribution in [0.2, 0.25) is 0 Å². The normalized spacial score (nSPS) is 6.86. The molecular formula is C3H6N2O2. The van der Waals surface area contributed by atoms with E-state index in [4.69, 9.17) is 0 Å². The van der Waals surface area contributed by atoms with Crippen molar-refractivity contribution in [2.24, 2.45) is 0 Å². The lowest BCUT2D eigenvalue weighted by atomic mass is 11.0. The number of hydrogen-bond donors (Lipinski definition) is 2. The van der Waals surface area contributed by atoms with Crippen LogP contribution in [0.3, 0.4) is 0 Å². The first-order valence-electron chi connectivity index (χ1n) is 1.76. The third-order valence-electron chi connectivity index (χ3n) is 0.371. The summed E-state index contributed by atoms with van der Waals surface area (Å²) in [4.78, 5) is 18.8. The summed E-state index contributed by atoms with van der Waals surface area (Å²) < 4.78 is 0. The molecule has 40 valence electrons. The van der Waals surface area contributed by atoms with Crippen LogP contribution in [-0.4, -0.2) is 19.5 Å². The van der Waals surface area contributed by atoms with E-state index in [1.165, 1.54) is 0 Å². The van der Waals surface area contributed by atoms with Crippen molar-refractivity contribution < 1.29 is 9.59 Å². The first kappa shape index (κ1) is 5.94. The minimum Gasteiger partial charge on any atom is -0.341 e. The highest BCUT2D eigenvalue weighted by Gasteiger charge is 1.71. The summed E-state index contributed by atoms with van der Waals surface area (Å²) in [7, 11) is 0. The average Bonchev–Trinajstić information content (AvgIpc) is 1.69. The van der Waals surface area contributed by atoms with E-state index in [2.05, 4.69) is 10.6 Å². The summed E-state index contributed by atoms with van der Waals surface area (Å²) in [5.74, 6) is 0. The van der Waals surface area contributed by atoms with Gasteiger partial charge in [-0.15, -0.1) is 0 Å². The molecule has 0 saturated heterocycles. The van der Waals surface area contributed by atoms with Crippen LogP contribution in [0.15, 0.2) is 0 Å². The lowest BCUT2D eigenvalue weighted by Gasteiger charge is -1.90. The minimum atomic E-state index is 0.201. The Morgan fingerprint density at radius 1 is 1.14 bits per heavy atom. The Kier molecular flexibility index (Phi) is 4.19. The number of nitrogens with one attached hydrogen (secondary N) is 2. The van der Waals surface area contributed by atoms with E-state index in [1.807, 2.05) is 0 Å². The second kappa shape index (κ2) is 4.94. The molecule has 0 aromatic carbocycles. The predicted molar refractivity (Wildman–Crippen MR) is 23.3 cm³/mol. The van der Waals surface area contributed by atoms with Gasteiger partial charge in [0.25, 0.3) is 0 Å². The molecule has 4 heteroatoms. The molecule has 0 fully saturated rings. The number of rotatable bonds is 4. The van der Waals surface area contributed by atoms with Gasteiger partial charge in [-0.25, -0.2) is 0 Å². The molecule has 0 aromatic rings. The molecule has 0 aliphatic carbocycles. The van der Waals surface area contributed by atoms with Crippen molar-refractivity contribution in [3.05, 3.63) is 0 Å². The monoisotopic (exact) mass is 102 g/mol. The van der Waals surface area contributed by atoms with Crippen LogP contribution >= 0.6 is 0 Å². The van der Waals surface area contributed by atoms with Gasteiger partial charge in [0, 0.05) is 0 Å². The summed E-state index contributed by atoms with van der Waals surface area (Å²) in [5, 5.41) is 4.45. The topological polar surface area (TPSA) is 58.2 Å². The molecule has 0 unspecified atom stereocenters. The van der Waals surface area contributed by atoms with Gasteiger partial charge in [-0.1, -0.05) is 0 Å². The average molecular weight is 102 g/mol. The van der Waals surface area contributed by atoms with Crippen molar-refractivity contribution in [1.29, 1.82) is 0 Å². The highest BCUT2D eigenvalue weighted by Crippen LogP contribution is 1.35. The lowest BCUT2D eigenvalue weighted by molar-refractivity contribution is -0.110. The standard InChI is InChI=1S/C3H6N2O2/c6-2-4-1-5-3-7/h2-3H,1H2,(H,4,6)(H,5,7). The summed E-state index contributed by atoms with van der Waals surface area (Å²) in [6, 6.07) is 0. The predicted octanol–water partition coefficient (Wildman–Crippen LogP) is -1.56. The SMILES string of the molecule is O=CNCNC=O. The molecule has 0 spiro atoms. The zero-order chi connectivity index (χ0) is 5.54. The minimum absolute atomic E-state index is 0.201. The largest absolute Gasteiger partial charge is 0.341 e. The fourth-order valence-corrected chi connectivity index (χ4v) is 0.142. The second-order valence-electron chi connectivity index (χ2n) is 0.821. The zero-order valence-corrected chi connectivity index (χ0v) is 3.68. The van der Waals surface area contributed by atoms with E-state index in [-0.39, 0.29) is 6.67 Å². The van der Waals surface area contributed by atoms with E-state index in [9.17, 15) is 9.59 Å². The molecule has 0 rings (SSSR count). The van der Waals surface area contributed by atoms with Gasteiger partial charge in [-0.2, -0.15) is 0 Å². The Morgan fingerprint density at radius 2 is 1.57 bits per heavy atom. The van der Waals surface area contributed by atoms with Gasteiger partial charge in [0.2, 0.25) is 12.8 Å². The Balaban J connectivity index is 2.68. The van der Waals surface area contributed by atoms with Crippen molar-refractivity contribution in [2.45, 2.75) is 0 Å². The fraction of sp³-hybridized carbons (Fsp3) is 0.333. The Labute approximate surface area is 40.9 Å². The van der Waals surface area contributed by atoms with E-state index in [0.29, 0.717) is 12.8 Å². The molecule has 4 nitrogen and oxygen atoms in total. The molecule has 0 atom stereocenters. The van der Waals surface area contributed by atoms with Crippen molar-refractivity contribution in [1.82, 2.24) is 10.6 Å². The lowest BCUT2D eigenvalue weighted by Crippen LogP contribution is -2.26. The number of carbonyl (C=O) groups is 2. The van der Waals surface area contributed by atoms with Gasteiger partial charge in [0.15, 0.2) is 0 Å². The molecule has 2 amide bonds. The van der Waals surface area contributed by atoms with E-state index in [1.54, 1.807) is 0 Å². The van der Waals surface area contributed by atoms with Crippen LogP contribution in [0.25, 0.3) is 0 Å². The van der Waals surface area contributed by atoms with Crippen LogP contribution in [0.1, 0.15) is 0 Å². The van der Waals surface area contributed by atoms with Crippen molar-refractivity contribution in [3.63, 3.8) is 0 Å². The molecule has 2 N–H and O–H groups in total. The molecule has 0 saturated carbocycles.